The predicted molar refractivity (Wildman–Crippen MR) is 138 cm³/mol. The SMILES string of the molecule is COc1cccc(-c2nnc(SCC(=O)c3ccc(NC(=O)C(C)C)cc3)n2-c2ccccc2)c1. The summed E-state index contributed by atoms with van der Waals surface area (Å²) in [5.41, 5.74) is 2.99. The average molecular weight is 487 g/mol. The van der Waals surface area contributed by atoms with Crippen molar-refractivity contribution in [3.63, 3.8) is 0 Å². The number of amides is 1. The number of methoxy groups -OCH3 is 1. The van der Waals surface area contributed by atoms with E-state index in [1.807, 2.05) is 73.0 Å². The van der Waals surface area contributed by atoms with Crippen molar-refractivity contribution in [1.82, 2.24) is 14.8 Å². The summed E-state index contributed by atoms with van der Waals surface area (Å²) in [4.78, 5) is 24.8. The first-order valence-corrected chi connectivity index (χ1v) is 12.2. The van der Waals surface area contributed by atoms with Gasteiger partial charge in [0.2, 0.25) is 5.91 Å². The number of hydrogen-bond acceptors (Lipinski definition) is 6. The van der Waals surface area contributed by atoms with Crippen molar-refractivity contribution in [1.29, 1.82) is 0 Å². The van der Waals surface area contributed by atoms with Gasteiger partial charge in [0.1, 0.15) is 5.75 Å². The van der Waals surface area contributed by atoms with E-state index < -0.39 is 0 Å². The molecule has 0 bridgehead atoms. The highest BCUT2D eigenvalue weighted by atomic mass is 32.2. The highest BCUT2D eigenvalue weighted by Gasteiger charge is 2.18. The summed E-state index contributed by atoms with van der Waals surface area (Å²) in [7, 11) is 1.62. The van der Waals surface area contributed by atoms with E-state index in [1.54, 1.807) is 31.4 Å². The van der Waals surface area contributed by atoms with Gasteiger partial charge >= 0.3 is 0 Å². The van der Waals surface area contributed by atoms with Crippen molar-refractivity contribution in [3.05, 3.63) is 84.4 Å². The van der Waals surface area contributed by atoms with Crippen LogP contribution < -0.4 is 10.1 Å². The summed E-state index contributed by atoms with van der Waals surface area (Å²) in [6.45, 7) is 3.66. The van der Waals surface area contributed by atoms with E-state index in [0.29, 0.717) is 22.2 Å². The van der Waals surface area contributed by atoms with Gasteiger partial charge in [0.05, 0.1) is 12.9 Å². The number of carbonyl (C=O) groups is 2. The number of ketones is 1. The fourth-order valence-electron chi connectivity index (χ4n) is 3.36. The Morgan fingerprint density at radius 1 is 0.971 bits per heavy atom. The van der Waals surface area contributed by atoms with Crippen LogP contribution in [0.4, 0.5) is 5.69 Å². The number of benzene rings is 3. The standard InChI is InChI=1S/C27H26N4O3S/c1-18(2)26(33)28-21-14-12-19(13-15-21)24(32)17-35-27-30-29-25(20-8-7-11-23(16-20)34-3)31(27)22-9-5-4-6-10-22/h4-16,18H,17H2,1-3H3,(H,28,33). The van der Waals surface area contributed by atoms with Gasteiger partial charge < -0.3 is 10.1 Å². The topological polar surface area (TPSA) is 86.1 Å². The molecular formula is C27H26N4O3S. The first-order valence-electron chi connectivity index (χ1n) is 11.2. The molecule has 35 heavy (non-hydrogen) atoms. The Hall–Kier alpha value is -3.91. The van der Waals surface area contributed by atoms with Crippen molar-refractivity contribution in [2.24, 2.45) is 5.92 Å². The zero-order chi connectivity index (χ0) is 24.8. The van der Waals surface area contributed by atoms with Crippen LogP contribution in [0.15, 0.2) is 84.0 Å². The number of para-hydroxylation sites is 1. The summed E-state index contributed by atoms with van der Waals surface area (Å²) >= 11 is 1.33. The van der Waals surface area contributed by atoms with Crippen molar-refractivity contribution >= 4 is 29.1 Å². The monoisotopic (exact) mass is 486 g/mol. The molecule has 0 saturated carbocycles. The Labute approximate surface area is 208 Å². The van der Waals surface area contributed by atoms with Crippen LogP contribution >= 0.6 is 11.8 Å². The molecule has 1 aromatic heterocycles. The van der Waals surface area contributed by atoms with Crippen molar-refractivity contribution in [2.75, 3.05) is 18.2 Å². The maximum Gasteiger partial charge on any atom is 0.226 e. The van der Waals surface area contributed by atoms with E-state index in [9.17, 15) is 9.59 Å². The van der Waals surface area contributed by atoms with Crippen LogP contribution in [0.3, 0.4) is 0 Å². The van der Waals surface area contributed by atoms with E-state index in [2.05, 4.69) is 15.5 Å². The smallest absolute Gasteiger partial charge is 0.226 e. The molecule has 0 saturated heterocycles. The minimum Gasteiger partial charge on any atom is -0.497 e. The van der Waals surface area contributed by atoms with Crippen LogP contribution in [0.5, 0.6) is 5.75 Å². The lowest BCUT2D eigenvalue weighted by molar-refractivity contribution is -0.118. The van der Waals surface area contributed by atoms with Crippen molar-refractivity contribution in [3.8, 4) is 22.8 Å². The first-order chi connectivity index (χ1) is 17.0. The van der Waals surface area contributed by atoms with Crippen LogP contribution in [0.25, 0.3) is 17.1 Å². The summed E-state index contributed by atoms with van der Waals surface area (Å²) in [6.07, 6.45) is 0. The van der Waals surface area contributed by atoms with E-state index >= 15 is 0 Å². The fourth-order valence-corrected chi connectivity index (χ4v) is 4.21. The lowest BCUT2D eigenvalue weighted by Crippen LogP contribution is -2.17. The lowest BCUT2D eigenvalue weighted by atomic mass is 10.1. The molecule has 0 spiro atoms. The predicted octanol–water partition coefficient (Wildman–Crippen LogP) is 5.51. The average Bonchev–Trinajstić information content (AvgIpc) is 3.32. The fraction of sp³-hybridized carbons (Fsp3) is 0.185. The van der Waals surface area contributed by atoms with Crippen LogP contribution in [-0.4, -0.2) is 39.3 Å². The first kappa shape index (κ1) is 24.2. The third-order valence-electron chi connectivity index (χ3n) is 5.31. The summed E-state index contributed by atoms with van der Waals surface area (Å²) < 4.78 is 7.31. The molecule has 8 heteroatoms. The molecule has 4 aromatic rings. The molecule has 1 amide bonds. The number of anilines is 1. The number of nitrogens with one attached hydrogen (secondary N) is 1. The Bertz CT molecular complexity index is 1320. The van der Waals surface area contributed by atoms with Gasteiger partial charge in [-0.05, 0) is 48.5 Å². The molecule has 178 valence electrons. The van der Waals surface area contributed by atoms with Crippen LogP contribution in [0, 0.1) is 5.92 Å². The normalized spacial score (nSPS) is 10.9. The van der Waals surface area contributed by atoms with E-state index in [-0.39, 0.29) is 23.4 Å². The molecular weight excluding hydrogens is 460 g/mol. The number of nitrogens with zero attached hydrogens (tertiary/aromatic N) is 3. The second-order valence-electron chi connectivity index (χ2n) is 8.14. The van der Waals surface area contributed by atoms with Gasteiger partial charge in [-0.2, -0.15) is 0 Å². The Balaban J connectivity index is 1.55. The highest BCUT2D eigenvalue weighted by molar-refractivity contribution is 7.99. The molecule has 0 aliphatic rings. The van der Waals surface area contributed by atoms with Gasteiger partial charge in [0.25, 0.3) is 0 Å². The Morgan fingerprint density at radius 3 is 2.40 bits per heavy atom. The molecule has 0 aliphatic carbocycles. The quantitative estimate of drug-likeness (QED) is 0.248. The summed E-state index contributed by atoms with van der Waals surface area (Å²) in [5, 5.41) is 12.3. The molecule has 0 aliphatic heterocycles. The van der Waals surface area contributed by atoms with E-state index in [4.69, 9.17) is 4.74 Å². The number of thioether (sulfide) groups is 1. The number of ether oxygens (including phenoxy) is 1. The van der Waals surface area contributed by atoms with Gasteiger partial charge in [0, 0.05) is 28.4 Å². The van der Waals surface area contributed by atoms with Gasteiger partial charge in [-0.1, -0.05) is 55.9 Å². The maximum atomic E-state index is 12.9. The van der Waals surface area contributed by atoms with Gasteiger partial charge in [0.15, 0.2) is 16.8 Å². The molecule has 0 unspecified atom stereocenters. The molecule has 4 rings (SSSR count). The molecule has 7 nitrogen and oxygen atoms in total. The third kappa shape index (κ3) is 5.78. The van der Waals surface area contributed by atoms with Gasteiger partial charge in [-0.15, -0.1) is 10.2 Å². The van der Waals surface area contributed by atoms with Crippen LogP contribution in [0.2, 0.25) is 0 Å². The van der Waals surface area contributed by atoms with Gasteiger partial charge in [-0.3, -0.25) is 14.2 Å². The zero-order valence-corrected chi connectivity index (χ0v) is 20.6. The Kier molecular flexibility index (Phi) is 7.62. The van der Waals surface area contributed by atoms with Crippen molar-refractivity contribution < 1.29 is 14.3 Å². The van der Waals surface area contributed by atoms with Gasteiger partial charge in [-0.25, -0.2) is 0 Å². The molecule has 0 radical (unpaired) electrons. The Morgan fingerprint density at radius 2 is 1.71 bits per heavy atom. The number of aromatic nitrogens is 3. The van der Waals surface area contributed by atoms with Crippen LogP contribution in [0.1, 0.15) is 24.2 Å². The summed E-state index contributed by atoms with van der Waals surface area (Å²) in [6, 6.07) is 24.4. The molecule has 0 fully saturated rings. The summed E-state index contributed by atoms with van der Waals surface area (Å²) in [5.74, 6) is 1.36. The second kappa shape index (κ2) is 11.0. The highest BCUT2D eigenvalue weighted by Crippen LogP contribution is 2.30. The lowest BCUT2D eigenvalue weighted by Gasteiger charge is -2.11. The van der Waals surface area contributed by atoms with E-state index in [0.717, 1.165) is 17.0 Å². The number of rotatable bonds is 9. The zero-order valence-electron chi connectivity index (χ0n) is 19.8. The largest absolute Gasteiger partial charge is 0.497 e. The molecule has 0 atom stereocenters. The molecule has 1 N–H and O–H groups in total. The minimum absolute atomic E-state index is 0.0396. The van der Waals surface area contributed by atoms with Crippen molar-refractivity contribution in [2.45, 2.75) is 19.0 Å². The maximum absolute atomic E-state index is 12.9. The minimum atomic E-state index is -0.114. The number of hydrogen-bond donors (Lipinski definition) is 1. The van der Waals surface area contributed by atoms with E-state index in [1.165, 1.54) is 11.8 Å². The molecule has 1 heterocycles. The third-order valence-corrected chi connectivity index (χ3v) is 6.24. The second-order valence-corrected chi connectivity index (χ2v) is 9.08. The number of Topliss-reactive ketones (excluding diaryl/α,β-unsaturated/α-hetero) is 1. The molecule has 3 aromatic carbocycles. The van der Waals surface area contributed by atoms with Crippen LogP contribution in [-0.2, 0) is 4.79 Å². The number of carbonyl (C=O) groups excluding carboxylic acids is 2.